The van der Waals surface area contributed by atoms with Crippen molar-refractivity contribution in [3.05, 3.63) is 58.8 Å². The number of H-pyrrole nitrogens is 1. The van der Waals surface area contributed by atoms with Gasteiger partial charge in [-0.2, -0.15) is 0 Å². The van der Waals surface area contributed by atoms with E-state index in [2.05, 4.69) is 41.7 Å². The summed E-state index contributed by atoms with van der Waals surface area (Å²) in [7, 11) is 1.43. The van der Waals surface area contributed by atoms with Gasteiger partial charge in [-0.1, -0.05) is 35.9 Å². The average Bonchev–Trinajstić information content (AvgIpc) is 3.33. The minimum absolute atomic E-state index is 0.110. The number of carbonyl (C=O) groups is 2. The molecule has 3 atom stereocenters. The van der Waals surface area contributed by atoms with Crippen LogP contribution in [0.3, 0.4) is 0 Å². The third-order valence-corrected chi connectivity index (χ3v) is 7.41. The number of nitrogens with one attached hydrogen (secondary N) is 2. The number of methoxy groups -OCH3 is 1. The third-order valence-electron chi connectivity index (χ3n) is 7.41. The number of hydrogen-bond acceptors (Lipinski definition) is 4. The molecule has 1 aliphatic heterocycles. The van der Waals surface area contributed by atoms with Gasteiger partial charge in [-0.25, -0.2) is 0 Å². The van der Waals surface area contributed by atoms with E-state index in [9.17, 15) is 9.59 Å². The molecule has 1 aromatic carbocycles. The van der Waals surface area contributed by atoms with E-state index in [0.29, 0.717) is 24.4 Å². The number of aromatic nitrogens is 1. The summed E-state index contributed by atoms with van der Waals surface area (Å²) >= 11 is 0. The molecule has 1 saturated heterocycles. The quantitative estimate of drug-likeness (QED) is 0.505. The molecule has 2 heterocycles. The fourth-order valence-electron chi connectivity index (χ4n) is 5.24. The lowest BCUT2D eigenvalue weighted by Crippen LogP contribution is -2.39. The van der Waals surface area contributed by atoms with Crippen LogP contribution in [-0.4, -0.2) is 54.0 Å². The maximum Gasteiger partial charge on any atom is 0.323 e. The molecule has 0 saturated carbocycles. The molecular weight excluding hydrogens is 414 g/mol. The number of allylic oxidation sites excluding steroid dienone is 2. The summed E-state index contributed by atoms with van der Waals surface area (Å²) in [5, 5.41) is 4.24. The number of carbonyl (C=O) groups excluding carboxylic acids is 2. The zero-order valence-electron chi connectivity index (χ0n) is 20.2. The molecule has 0 spiro atoms. The number of amides is 1. The van der Waals surface area contributed by atoms with Gasteiger partial charge in [-0.05, 0) is 64.0 Å². The molecule has 1 aromatic heterocycles. The first-order chi connectivity index (χ1) is 15.8. The van der Waals surface area contributed by atoms with Crippen molar-refractivity contribution in [2.24, 2.45) is 5.92 Å². The van der Waals surface area contributed by atoms with Crippen molar-refractivity contribution in [2.45, 2.75) is 58.5 Å². The number of aromatic amines is 1. The maximum absolute atomic E-state index is 13.2. The Morgan fingerprint density at radius 3 is 2.76 bits per heavy atom. The summed E-state index contributed by atoms with van der Waals surface area (Å²) < 4.78 is 5.08. The highest BCUT2D eigenvalue weighted by Gasteiger charge is 2.38. The van der Waals surface area contributed by atoms with Crippen LogP contribution in [0.25, 0.3) is 10.9 Å². The monoisotopic (exact) mass is 449 g/mol. The number of fused-ring (bicyclic) bond motifs is 1. The van der Waals surface area contributed by atoms with Crippen LogP contribution < -0.4 is 5.32 Å². The minimum atomic E-state index is -0.342. The maximum atomic E-state index is 13.2. The Kier molecular flexibility index (Phi) is 6.75. The summed E-state index contributed by atoms with van der Waals surface area (Å²) in [4.78, 5) is 31.2. The molecule has 2 N–H and O–H groups in total. The predicted octanol–water partition coefficient (Wildman–Crippen LogP) is 4.43. The topological polar surface area (TPSA) is 74.4 Å². The van der Waals surface area contributed by atoms with Gasteiger partial charge in [-0.3, -0.25) is 14.5 Å². The van der Waals surface area contributed by atoms with Gasteiger partial charge < -0.3 is 15.0 Å². The van der Waals surface area contributed by atoms with Gasteiger partial charge >= 0.3 is 5.97 Å². The van der Waals surface area contributed by atoms with Gasteiger partial charge in [0.15, 0.2) is 0 Å². The highest BCUT2D eigenvalue weighted by molar-refractivity contribution is 6.06. The molecule has 6 nitrogen and oxygen atoms in total. The molecular formula is C27H35N3O3. The molecule has 0 unspecified atom stereocenters. The number of rotatable bonds is 6. The number of esters is 1. The second kappa shape index (κ2) is 9.56. The number of aryl methyl sites for hydroxylation is 2. The van der Waals surface area contributed by atoms with Gasteiger partial charge in [-0.15, -0.1) is 0 Å². The second-order valence-corrected chi connectivity index (χ2v) is 9.66. The van der Waals surface area contributed by atoms with Crippen molar-refractivity contribution in [3.8, 4) is 0 Å². The van der Waals surface area contributed by atoms with Gasteiger partial charge in [0.1, 0.15) is 6.04 Å². The Hall–Kier alpha value is -2.86. The summed E-state index contributed by atoms with van der Waals surface area (Å²) in [6.45, 7) is 11.6. The van der Waals surface area contributed by atoms with Crippen LogP contribution in [0.5, 0.6) is 0 Å². The molecule has 1 amide bonds. The van der Waals surface area contributed by atoms with Crippen LogP contribution in [-0.2, 0) is 9.53 Å². The Bertz CT molecular complexity index is 1110. The van der Waals surface area contributed by atoms with E-state index in [1.54, 1.807) is 0 Å². The largest absolute Gasteiger partial charge is 0.468 e. The lowest BCUT2D eigenvalue weighted by atomic mass is 9.85. The number of hydrogen-bond donors (Lipinski definition) is 2. The minimum Gasteiger partial charge on any atom is -0.468 e. The standard InChI is InChI=1S/C27H35N3O3/c1-16(2)20-11-9-19(10-12-20)14-30-15-21(13-24(30)27(32)33-5)29-26(31)23-8-6-7-22-17(3)18(4)28-25(22)23/h6-9,20-21,24,28H,1,10-15H2,2-5H3,(H,29,31)/t20-,21-,24+/m1/s1. The van der Waals surface area contributed by atoms with Crippen molar-refractivity contribution < 1.29 is 14.3 Å². The van der Waals surface area contributed by atoms with Crippen molar-refractivity contribution in [1.82, 2.24) is 15.2 Å². The van der Waals surface area contributed by atoms with Crippen molar-refractivity contribution in [3.63, 3.8) is 0 Å². The SMILES string of the molecule is C=C(C)[C@@H]1CC=C(CN2C[C@H](NC(=O)c3cccc4c(C)c(C)[nH]c34)C[C@H]2C(=O)OC)CC1. The van der Waals surface area contributed by atoms with Gasteiger partial charge in [0.25, 0.3) is 5.91 Å². The van der Waals surface area contributed by atoms with Crippen molar-refractivity contribution in [1.29, 1.82) is 0 Å². The Morgan fingerprint density at radius 1 is 1.30 bits per heavy atom. The smallest absolute Gasteiger partial charge is 0.323 e. The van der Waals surface area contributed by atoms with Gasteiger partial charge in [0, 0.05) is 30.2 Å². The van der Waals surface area contributed by atoms with Crippen LogP contribution in [0, 0.1) is 19.8 Å². The summed E-state index contributed by atoms with van der Waals surface area (Å²) in [5.41, 5.74) is 6.32. The van der Waals surface area contributed by atoms with E-state index >= 15 is 0 Å². The molecule has 6 heteroatoms. The Balaban J connectivity index is 1.47. The number of likely N-dealkylation sites (tertiary alicyclic amines) is 1. The predicted molar refractivity (Wildman–Crippen MR) is 131 cm³/mol. The Morgan fingerprint density at radius 2 is 2.09 bits per heavy atom. The molecule has 1 aliphatic carbocycles. The van der Waals surface area contributed by atoms with Crippen molar-refractivity contribution in [2.75, 3.05) is 20.2 Å². The zero-order valence-corrected chi connectivity index (χ0v) is 20.2. The van der Waals surface area contributed by atoms with Gasteiger partial charge in [0.05, 0.1) is 18.2 Å². The second-order valence-electron chi connectivity index (χ2n) is 9.66. The summed E-state index contributed by atoms with van der Waals surface area (Å²) in [6.07, 6.45) is 6.00. The molecule has 0 bridgehead atoms. The number of nitrogens with zero attached hydrogens (tertiary/aromatic N) is 1. The van der Waals surface area contributed by atoms with E-state index in [1.165, 1.54) is 18.3 Å². The van der Waals surface area contributed by atoms with Crippen LogP contribution in [0.4, 0.5) is 0 Å². The summed E-state index contributed by atoms with van der Waals surface area (Å²) in [5.74, 6) is 0.206. The van der Waals surface area contributed by atoms with Crippen LogP contribution in [0.1, 0.15) is 54.2 Å². The highest BCUT2D eigenvalue weighted by atomic mass is 16.5. The normalized spacial score (nSPS) is 23.4. The lowest BCUT2D eigenvalue weighted by Gasteiger charge is -2.27. The third kappa shape index (κ3) is 4.76. The first-order valence-electron chi connectivity index (χ1n) is 11.8. The average molecular weight is 450 g/mol. The highest BCUT2D eigenvalue weighted by Crippen LogP contribution is 2.30. The number of ether oxygens (including phenoxy) is 1. The summed E-state index contributed by atoms with van der Waals surface area (Å²) in [6, 6.07) is 5.35. The number of para-hydroxylation sites is 1. The molecule has 1 fully saturated rings. The molecule has 2 aromatic rings. The molecule has 176 valence electrons. The van der Waals surface area contributed by atoms with E-state index in [1.807, 2.05) is 25.1 Å². The first kappa shape index (κ1) is 23.3. The number of benzene rings is 1. The van der Waals surface area contributed by atoms with E-state index in [-0.39, 0.29) is 24.0 Å². The molecule has 33 heavy (non-hydrogen) atoms. The lowest BCUT2D eigenvalue weighted by molar-refractivity contribution is -0.145. The van der Waals surface area contributed by atoms with Gasteiger partial charge in [0.2, 0.25) is 0 Å². The zero-order chi connectivity index (χ0) is 23.7. The van der Waals surface area contributed by atoms with Crippen molar-refractivity contribution >= 4 is 22.8 Å². The Labute approximate surface area is 196 Å². The fraction of sp³-hybridized carbons (Fsp3) is 0.481. The van der Waals surface area contributed by atoms with E-state index < -0.39 is 0 Å². The van der Waals surface area contributed by atoms with Crippen LogP contribution >= 0.6 is 0 Å². The first-order valence-corrected chi connectivity index (χ1v) is 11.8. The molecule has 0 radical (unpaired) electrons. The van der Waals surface area contributed by atoms with Crippen LogP contribution in [0.15, 0.2) is 42.0 Å². The van der Waals surface area contributed by atoms with E-state index in [4.69, 9.17) is 4.74 Å². The fourth-order valence-corrected chi connectivity index (χ4v) is 5.24. The van der Waals surface area contributed by atoms with E-state index in [0.717, 1.165) is 48.0 Å². The van der Waals surface area contributed by atoms with Crippen LogP contribution in [0.2, 0.25) is 0 Å². The molecule has 4 rings (SSSR count). The molecule has 2 aliphatic rings.